The molecule has 1 aromatic rings. The summed E-state index contributed by atoms with van der Waals surface area (Å²) in [6.07, 6.45) is 1.19. The second-order valence-corrected chi connectivity index (χ2v) is 6.27. The molecule has 0 bridgehead atoms. The van der Waals surface area contributed by atoms with Crippen molar-refractivity contribution in [3.8, 4) is 0 Å². The largest absolute Gasteiger partial charge is 0.369 e. The molecular formula is C14H24BrN5. The molecule has 0 radical (unpaired) electrons. The van der Waals surface area contributed by atoms with Gasteiger partial charge in [0.15, 0.2) is 0 Å². The molecule has 1 fully saturated rings. The Hall–Kier alpha value is -0.720. The molecule has 2 rings (SSSR count). The Morgan fingerprint density at radius 1 is 1.30 bits per heavy atom. The molecule has 112 valence electrons. The van der Waals surface area contributed by atoms with Crippen LogP contribution in [-0.2, 0) is 0 Å². The minimum Gasteiger partial charge on any atom is -0.369 e. The van der Waals surface area contributed by atoms with Gasteiger partial charge >= 0.3 is 0 Å². The monoisotopic (exact) mass is 341 g/mol. The van der Waals surface area contributed by atoms with Gasteiger partial charge in [-0.1, -0.05) is 0 Å². The molecule has 5 nitrogen and oxygen atoms in total. The lowest BCUT2D eigenvalue weighted by Crippen LogP contribution is -2.32. The summed E-state index contributed by atoms with van der Waals surface area (Å²) < 4.78 is 0.965. The molecule has 0 aliphatic carbocycles. The van der Waals surface area contributed by atoms with Crippen molar-refractivity contribution in [2.45, 2.75) is 26.3 Å². The third-order valence-electron chi connectivity index (χ3n) is 3.74. The summed E-state index contributed by atoms with van der Waals surface area (Å²) in [4.78, 5) is 14.2. The van der Waals surface area contributed by atoms with Crippen LogP contribution in [0.3, 0.4) is 0 Å². The molecule has 6 heteroatoms. The van der Waals surface area contributed by atoms with Gasteiger partial charge in [0.25, 0.3) is 0 Å². The van der Waals surface area contributed by atoms with E-state index in [1.807, 2.05) is 6.92 Å². The summed E-state index contributed by atoms with van der Waals surface area (Å²) >= 11 is 3.57. The first-order valence-corrected chi connectivity index (χ1v) is 7.99. The third kappa shape index (κ3) is 3.48. The number of rotatable bonds is 3. The smallest absolute Gasteiger partial charge is 0.149 e. The molecule has 1 aliphatic heterocycles. The van der Waals surface area contributed by atoms with E-state index in [1.54, 1.807) is 0 Å². The molecule has 1 aromatic heterocycles. The van der Waals surface area contributed by atoms with E-state index in [0.717, 1.165) is 48.0 Å². The number of nitrogens with one attached hydrogen (secondary N) is 1. The summed E-state index contributed by atoms with van der Waals surface area (Å²) in [5, 5.41) is 3.31. The van der Waals surface area contributed by atoms with Crippen molar-refractivity contribution in [3.63, 3.8) is 0 Å². The van der Waals surface area contributed by atoms with Crippen LogP contribution in [0.4, 0.5) is 5.82 Å². The first kappa shape index (κ1) is 15.7. The van der Waals surface area contributed by atoms with Gasteiger partial charge in [0.1, 0.15) is 11.6 Å². The maximum Gasteiger partial charge on any atom is 0.149 e. The standard InChI is InChI=1S/C14H24BrN5/c1-5-16-14-12(15)10(2)17-13(18-14)11-9-19(3)7-6-8-20(11)4/h11H,5-9H2,1-4H3,(H,16,17,18). The molecule has 1 unspecified atom stereocenters. The second-order valence-electron chi connectivity index (χ2n) is 5.47. The van der Waals surface area contributed by atoms with E-state index in [9.17, 15) is 0 Å². The highest BCUT2D eigenvalue weighted by atomic mass is 79.9. The van der Waals surface area contributed by atoms with Gasteiger partial charge in [0, 0.05) is 13.1 Å². The molecule has 0 aromatic carbocycles. The second kappa shape index (κ2) is 6.83. The predicted molar refractivity (Wildman–Crippen MR) is 86.1 cm³/mol. The lowest BCUT2D eigenvalue weighted by molar-refractivity contribution is 0.219. The molecular weight excluding hydrogens is 318 g/mol. The van der Waals surface area contributed by atoms with Gasteiger partial charge in [0.2, 0.25) is 0 Å². The van der Waals surface area contributed by atoms with Crippen LogP contribution in [0.25, 0.3) is 0 Å². The van der Waals surface area contributed by atoms with Crippen molar-refractivity contribution in [1.82, 2.24) is 19.8 Å². The number of hydrogen-bond donors (Lipinski definition) is 1. The van der Waals surface area contributed by atoms with Crippen LogP contribution in [0.5, 0.6) is 0 Å². The van der Waals surface area contributed by atoms with Crippen molar-refractivity contribution < 1.29 is 0 Å². The molecule has 20 heavy (non-hydrogen) atoms. The molecule has 1 saturated heterocycles. The number of aryl methyl sites for hydroxylation is 1. The lowest BCUT2D eigenvalue weighted by Gasteiger charge is -2.26. The Labute approximate surface area is 129 Å². The Bertz CT molecular complexity index is 465. The number of hydrogen-bond acceptors (Lipinski definition) is 5. The number of likely N-dealkylation sites (N-methyl/N-ethyl adjacent to an activating group) is 2. The quantitative estimate of drug-likeness (QED) is 0.913. The average molecular weight is 342 g/mol. The highest BCUT2D eigenvalue weighted by molar-refractivity contribution is 9.10. The maximum absolute atomic E-state index is 4.74. The van der Waals surface area contributed by atoms with Gasteiger partial charge in [-0.05, 0) is 63.4 Å². The molecule has 1 N–H and O–H groups in total. The van der Waals surface area contributed by atoms with Crippen LogP contribution < -0.4 is 5.32 Å². The van der Waals surface area contributed by atoms with Gasteiger partial charge < -0.3 is 10.2 Å². The minimum absolute atomic E-state index is 0.256. The Morgan fingerprint density at radius 3 is 2.75 bits per heavy atom. The summed E-state index contributed by atoms with van der Waals surface area (Å²) in [6, 6.07) is 0.256. The van der Waals surface area contributed by atoms with E-state index >= 15 is 0 Å². The summed E-state index contributed by atoms with van der Waals surface area (Å²) in [5.41, 5.74) is 0.992. The van der Waals surface area contributed by atoms with Crippen molar-refractivity contribution in [2.24, 2.45) is 0 Å². The zero-order valence-electron chi connectivity index (χ0n) is 12.8. The van der Waals surface area contributed by atoms with Crippen molar-refractivity contribution in [3.05, 3.63) is 16.0 Å². The normalized spacial score (nSPS) is 21.8. The highest BCUT2D eigenvalue weighted by Crippen LogP contribution is 2.27. The van der Waals surface area contributed by atoms with Gasteiger partial charge in [-0.25, -0.2) is 9.97 Å². The molecule has 0 saturated carbocycles. The van der Waals surface area contributed by atoms with Crippen LogP contribution in [0.1, 0.15) is 30.9 Å². The predicted octanol–water partition coefficient (Wildman–Crippen LogP) is 2.29. The molecule has 2 heterocycles. The third-order valence-corrected chi connectivity index (χ3v) is 4.69. The number of anilines is 1. The topological polar surface area (TPSA) is 44.3 Å². The van der Waals surface area contributed by atoms with Gasteiger partial charge in [0.05, 0.1) is 16.2 Å². The van der Waals surface area contributed by atoms with Crippen LogP contribution in [0, 0.1) is 6.92 Å². The van der Waals surface area contributed by atoms with Crippen molar-refractivity contribution >= 4 is 21.7 Å². The van der Waals surface area contributed by atoms with E-state index in [1.165, 1.54) is 6.42 Å². The van der Waals surface area contributed by atoms with Crippen molar-refractivity contribution in [2.75, 3.05) is 45.6 Å². The fourth-order valence-electron chi connectivity index (χ4n) is 2.57. The van der Waals surface area contributed by atoms with E-state index < -0.39 is 0 Å². The average Bonchev–Trinajstić information content (AvgIpc) is 2.57. The zero-order valence-corrected chi connectivity index (χ0v) is 14.4. The summed E-state index contributed by atoms with van der Waals surface area (Å²) in [5.74, 6) is 1.81. The fraction of sp³-hybridized carbons (Fsp3) is 0.714. The lowest BCUT2D eigenvalue weighted by atomic mass is 10.2. The molecule has 0 amide bonds. The maximum atomic E-state index is 4.74. The van der Waals surface area contributed by atoms with Crippen LogP contribution in [0.2, 0.25) is 0 Å². The van der Waals surface area contributed by atoms with Crippen LogP contribution in [-0.4, -0.2) is 60.0 Å². The van der Waals surface area contributed by atoms with Gasteiger partial charge in [-0.2, -0.15) is 0 Å². The summed E-state index contributed by atoms with van der Waals surface area (Å²) in [7, 11) is 4.33. The Kier molecular flexibility index (Phi) is 5.35. The first-order valence-electron chi connectivity index (χ1n) is 7.19. The van der Waals surface area contributed by atoms with Gasteiger partial charge in [-0.3, -0.25) is 4.90 Å². The summed E-state index contributed by atoms with van der Waals surface area (Å²) in [6.45, 7) is 8.16. The Morgan fingerprint density at radius 2 is 2.05 bits per heavy atom. The van der Waals surface area contributed by atoms with Crippen LogP contribution in [0.15, 0.2) is 4.47 Å². The first-order chi connectivity index (χ1) is 9.52. The van der Waals surface area contributed by atoms with Crippen LogP contribution >= 0.6 is 15.9 Å². The Balaban J connectivity index is 2.34. The minimum atomic E-state index is 0.256. The molecule has 0 spiro atoms. The van der Waals surface area contributed by atoms with E-state index in [-0.39, 0.29) is 6.04 Å². The number of halogens is 1. The van der Waals surface area contributed by atoms with E-state index in [0.29, 0.717) is 0 Å². The van der Waals surface area contributed by atoms with E-state index in [4.69, 9.17) is 9.97 Å². The molecule has 1 aliphatic rings. The number of nitrogens with zero attached hydrogens (tertiary/aromatic N) is 4. The van der Waals surface area contributed by atoms with Crippen molar-refractivity contribution in [1.29, 1.82) is 0 Å². The molecule has 1 atom stereocenters. The zero-order chi connectivity index (χ0) is 14.7. The highest BCUT2D eigenvalue weighted by Gasteiger charge is 2.25. The van der Waals surface area contributed by atoms with Gasteiger partial charge in [-0.15, -0.1) is 0 Å². The SMILES string of the molecule is CCNc1nc(C2CN(C)CCCN2C)nc(C)c1Br. The fourth-order valence-corrected chi connectivity index (χ4v) is 2.88. The number of aromatic nitrogens is 2. The van der Waals surface area contributed by atoms with E-state index in [2.05, 4.69) is 52.1 Å².